The van der Waals surface area contributed by atoms with Gasteiger partial charge < -0.3 is 65.1 Å². The highest BCUT2D eigenvalue weighted by Gasteiger charge is 2.61. The van der Waals surface area contributed by atoms with Crippen LogP contribution < -0.4 is 10.6 Å². The van der Waals surface area contributed by atoms with E-state index in [0.717, 1.165) is 5.57 Å². The summed E-state index contributed by atoms with van der Waals surface area (Å²) in [4.78, 5) is 119. The van der Waals surface area contributed by atoms with Crippen LogP contribution in [-0.2, 0) is 52.6 Å². The Morgan fingerprint density at radius 1 is 0.926 bits per heavy atom. The number of carbonyl (C=O) groups is 8. The molecule has 0 radical (unpaired) electrons. The minimum atomic E-state index is -2.43. The Morgan fingerprint density at radius 2 is 1.61 bits per heavy atom. The number of fused-ring (bicyclic) bond motifs is 4. The molecule has 0 aromatic carbocycles. The number of cyclic esters (lactones) is 1. The van der Waals surface area contributed by atoms with E-state index in [1.165, 1.54) is 21.6 Å². The molecule has 7 heterocycles. The van der Waals surface area contributed by atoms with Crippen LogP contribution in [0.1, 0.15) is 180 Å². The fourth-order valence-corrected chi connectivity index (χ4v) is 18.1. The highest BCUT2D eigenvalue weighted by Crippen LogP contribution is 2.52. The first-order chi connectivity index (χ1) is 44.7. The standard InChI is InChI=1S/C70H108N6O16S.C2H6/c1-36-25-37(2)27-47(20-22-69(11,12)45(10)71-33-56(81)72-48-21-24-74(34-48)64(83)51-31-49(35-73(51)13)93-62-43(8)58-57(44(9)77)65(84)76(58)59(62)67(86)87)54(80)32-53(79)42(7)61(40(5)29-46-18-19-52(78)55(30-46)90-14)91-68(88)50-17-15-16-23-75(50)66(85)63(82)70(89)41(6)28-39(4)60(92-70)38(3)26-36;1-2/h27,29,36,38-39,41-44,46-53,55,57-58,60-61,71,77-79,89H,10,15-26,28,30-35H2,1-9,11-14H3,(H,72,81)(H,86,87);1-2H3/b37-27+,40-29+;/t36-,38-,39-,41+,42+,43+,44+,46-,47+,48-,49-,50-,51-,52+,53-,55+,57+,58+,60+,61+,70+;/m0./s1. The number of carbonyl (C=O) groups excluding carboxylic acids is 7. The Hall–Kier alpha value is -5.01. The molecule has 5 saturated heterocycles. The summed E-state index contributed by atoms with van der Waals surface area (Å²) < 4.78 is 18.5. The Morgan fingerprint density at radius 3 is 2.27 bits per heavy atom. The Balaban J connectivity index is 0.00000631. The molecule has 7 aliphatic heterocycles. The number of hydrogen-bond donors (Lipinski definition) is 7. The lowest BCUT2D eigenvalue weighted by Gasteiger charge is -2.46. The van der Waals surface area contributed by atoms with E-state index in [2.05, 4.69) is 24.1 Å². The van der Waals surface area contributed by atoms with E-state index in [9.17, 15) is 63.9 Å². The second kappa shape index (κ2) is 32.8. The van der Waals surface area contributed by atoms with Crippen molar-refractivity contribution in [2.75, 3.05) is 46.9 Å². The number of allylic oxidation sites excluding steroid dienone is 4. The first kappa shape index (κ1) is 77.3. The van der Waals surface area contributed by atoms with Crippen LogP contribution in [0.2, 0.25) is 0 Å². The van der Waals surface area contributed by atoms with Gasteiger partial charge in [0.05, 0.1) is 55.1 Å². The lowest BCUT2D eigenvalue weighted by Crippen LogP contribution is -2.63. The molecule has 0 aromatic rings. The number of Topliss-reactive ketones (excluding diaryl/α,β-unsaturated/α-hetero) is 2. The lowest BCUT2D eigenvalue weighted by molar-refractivity contribution is -0.282. The average Bonchev–Trinajstić information content (AvgIpc) is 1.57. The summed E-state index contributed by atoms with van der Waals surface area (Å²) in [5, 5.41) is 61.9. The summed E-state index contributed by atoms with van der Waals surface area (Å²) in [6.45, 7) is 30.5. The third-order valence-corrected chi connectivity index (χ3v) is 23.6. The number of nitrogens with one attached hydrogen (secondary N) is 2. The van der Waals surface area contributed by atoms with Crippen LogP contribution in [0.25, 0.3) is 0 Å². The van der Waals surface area contributed by atoms with Crippen LogP contribution in [0.15, 0.2) is 46.2 Å². The van der Waals surface area contributed by atoms with Gasteiger partial charge >= 0.3 is 11.9 Å². The van der Waals surface area contributed by atoms with E-state index in [0.29, 0.717) is 113 Å². The molecule has 0 spiro atoms. The number of aliphatic hydroxyl groups is 4. The number of hydrogen-bond acceptors (Lipinski definition) is 18. The number of β-lactam (4-membered cyclic amide) rings is 1. The number of ether oxygens (including phenoxy) is 3. The number of nitrogens with zero attached hydrogens (tertiary/aromatic N) is 4. The van der Waals surface area contributed by atoms with E-state index < -0.39 is 113 Å². The van der Waals surface area contributed by atoms with Gasteiger partial charge in [-0.05, 0) is 141 Å². The number of ketones is 2. The van der Waals surface area contributed by atoms with E-state index in [1.807, 2.05) is 86.4 Å². The monoisotopic (exact) mass is 1350 g/mol. The average molecular weight is 1350 g/mol. The van der Waals surface area contributed by atoms with Gasteiger partial charge in [0.1, 0.15) is 23.6 Å². The second-order valence-corrected chi connectivity index (χ2v) is 31.3. The van der Waals surface area contributed by atoms with Crippen molar-refractivity contribution in [3.05, 3.63) is 46.2 Å². The first-order valence-corrected chi connectivity index (χ1v) is 36.2. The van der Waals surface area contributed by atoms with Gasteiger partial charge in [-0.2, -0.15) is 0 Å². The Bertz CT molecular complexity index is 2910. The van der Waals surface area contributed by atoms with Crippen molar-refractivity contribution in [1.82, 2.24) is 30.2 Å². The number of likely N-dealkylation sites (tertiary alicyclic amines) is 2. The zero-order chi connectivity index (χ0) is 70.5. The molecule has 1 aliphatic carbocycles. The number of aliphatic carboxylic acids is 1. The van der Waals surface area contributed by atoms with Crippen LogP contribution in [0.5, 0.6) is 0 Å². The fraction of sp³-hybridized carbons (Fsp3) is 0.778. The predicted octanol–water partition coefficient (Wildman–Crippen LogP) is 6.92. The zero-order valence-corrected chi connectivity index (χ0v) is 60.1. The maximum atomic E-state index is 15.0. The van der Waals surface area contributed by atoms with Gasteiger partial charge in [-0.15, -0.1) is 11.8 Å². The largest absolute Gasteiger partial charge is 0.477 e. The Kier molecular flexibility index (Phi) is 26.7. The number of amides is 4. The van der Waals surface area contributed by atoms with Crippen molar-refractivity contribution in [1.29, 1.82) is 0 Å². The van der Waals surface area contributed by atoms with Crippen molar-refractivity contribution in [3.63, 3.8) is 0 Å². The second-order valence-electron chi connectivity index (χ2n) is 29.9. The van der Waals surface area contributed by atoms with Crippen molar-refractivity contribution in [3.8, 4) is 0 Å². The zero-order valence-electron chi connectivity index (χ0n) is 59.3. The topological polar surface area (TPSA) is 302 Å². The minimum Gasteiger partial charge on any atom is -0.477 e. The van der Waals surface area contributed by atoms with Gasteiger partial charge in [0.15, 0.2) is 0 Å². The van der Waals surface area contributed by atoms with Crippen LogP contribution in [0.4, 0.5) is 0 Å². The van der Waals surface area contributed by atoms with Gasteiger partial charge in [0, 0.05) is 90.7 Å². The molecule has 6 fully saturated rings. The predicted molar refractivity (Wildman–Crippen MR) is 361 cm³/mol. The molecule has 7 N–H and O–H groups in total. The van der Waals surface area contributed by atoms with E-state index in [-0.39, 0.29) is 96.0 Å². The Labute approximate surface area is 568 Å². The van der Waals surface area contributed by atoms with Crippen molar-refractivity contribution in [2.24, 2.45) is 58.7 Å². The van der Waals surface area contributed by atoms with Gasteiger partial charge in [-0.1, -0.05) is 93.5 Å². The van der Waals surface area contributed by atoms with Crippen LogP contribution in [0, 0.1) is 58.7 Å². The summed E-state index contributed by atoms with van der Waals surface area (Å²) in [5.74, 6) is -10.9. The number of esters is 1. The molecule has 95 heavy (non-hydrogen) atoms. The number of thioether (sulfide) groups is 1. The van der Waals surface area contributed by atoms with Crippen molar-refractivity contribution < 1.29 is 78.1 Å². The molecule has 23 heteroatoms. The number of piperidine rings is 1. The van der Waals surface area contributed by atoms with Crippen molar-refractivity contribution in [2.45, 2.75) is 252 Å². The maximum absolute atomic E-state index is 15.0. The van der Waals surface area contributed by atoms with Crippen LogP contribution >= 0.6 is 11.8 Å². The summed E-state index contributed by atoms with van der Waals surface area (Å²) in [7, 11) is 3.42. The first-order valence-electron chi connectivity index (χ1n) is 35.3. The highest BCUT2D eigenvalue weighted by molar-refractivity contribution is 8.03. The molecule has 21 atom stereocenters. The van der Waals surface area contributed by atoms with E-state index in [4.69, 9.17) is 14.2 Å². The fourth-order valence-electron chi connectivity index (χ4n) is 16.5. The number of rotatable bonds is 16. The normalized spacial score (nSPS) is 37.5. The van der Waals surface area contributed by atoms with Gasteiger partial charge in [-0.25, -0.2) is 9.59 Å². The van der Waals surface area contributed by atoms with Gasteiger partial charge in [-0.3, -0.25) is 33.7 Å². The number of carboxylic acid groups (broad SMARTS) is 1. The number of carboxylic acids is 1. The third-order valence-electron chi connectivity index (χ3n) is 22.1. The molecule has 8 aliphatic rings. The summed E-state index contributed by atoms with van der Waals surface area (Å²) >= 11 is 1.41. The molecule has 8 rings (SSSR count). The summed E-state index contributed by atoms with van der Waals surface area (Å²) in [6, 6.07) is -2.34. The third kappa shape index (κ3) is 17.5. The highest BCUT2D eigenvalue weighted by atomic mass is 32.2. The van der Waals surface area contributed by atoms with Gasteiger partial charge in [0.2, 0.25) is 23.5 Å². The molecule has 0 aromatic heterocycles. The maximum Gasteiger partial charge on any atom is 0.353 e. The number of methoxy groups -OCH3 is 1. The van der Waals surface area contributed by atoms with E-state index in [1.54, 1.807) is 32.8 Å². The summed E-state index contributed by atoms with van der Waals surface area (Å²) in [6.07, 6.45) is 5.22. The van der Waals surface area contributed by atoms with Gasteiger partial charge in [0.25, 0.3) is 11.7 Å². The molecule has 1 saturated carbocycles. The van der Waals surface area contributed by atoms with Crippen LogP contribution in [-0.4, -0.2) is 211 Å². The molecular weight excluding hydrogens is 1240 g/mol. The SMILES string of the molecule is C=C(NCC(=O)N[C@H]1CCN(C(=O)[C@@H]2C[C@H](SC3=C(C(=O)O)N4C(=O)[C@H]([C@@H](C)O)[C@H]4[C@H]3C)CN2C)C1)C(C)(C)CC[C@@H]1/C=C(\C)C[C@H](C)C[C@H](C)[C@H]2O[C@@](O)(C(=O)C(=O)N3CCCC[C@H]3C(=O)O[C@H](/C(C)=C/[C@@H]3CC[C@@H](O)[C@H](OC)C3)[C@H](C)[C@@H](O)CC1=O)[C@H](C)C[C@@H]2C.CC. The summed E-state index contributed by atoms with van der Waals surface area (Å²) in [5.41, 5.74) is 1.48. The quantitative estimate of drug-likeness (QED) is 0.0357. The molecule has 534 valence electrons. The molecule has 22 nitrogen and oxygen atoms in total. The molecule has 0 unspecified atom stereocenters. The molecule has 2 bridgehead atoms. The number of aliphatic hydroxyl groups excluding tert-OH is 3. The van der Waals surface area contributed by atoms with E-state index >= 15 is 0 Å². The number of likely N-dealkylation sites (N-methyl/N-ethyl adjacent to an activating group) is 1. The molecular formula is C72H114N6O16S. The van der Waals surface area contributed by atoms with Crippen LogP contribution in [0.3, 0.4) is 0 Å². The van der Waals surface area contributed by atoms with Crippen molar-refractivity contribution >= 4 is 58.9 Å². The molecule has 4 amide bonds. The lowest BCUT2D eigenvalue weighted by atomic mass is 9.76. The minimum absolute atomic E-state index is 0.0355. The smallest absolute Gasteiger partial charge is 0.353 e.